The normalized spacial score (nSPS) is 10.8. The van der Waals surface area contributed by atoms with Crippen molar-refractivity contribution in [3.05, 3.63) is 5.28 Å². The fraction of sp³-hybridized carbons (Fsp3) is 0.667. The van der Waals surface area contributed by atoms with Crippen LogP contribution in [0, 0.1) is 0 Å². The first-order valence-corrected chi connectivity index (χ1v) is 5.66. The van der Waals surface area contributed by atoms with E-state index in [1.807, 2.05) is 0 Å². The van der Waals surface area contributed by atoms with Crippen molar-refractivity contribution in [1.29, 1.82) is 0 Å². The first-order chi connectivity index (χ1) is 7.65. The summed E-state index contributed by atoms with van der Waals surface area (Å²) < 4.78 is 0. The van der Waals surface area contributed by atoms with E-state index in [-0.39, 0.29) is 11.2 Å². The average Bonchev–Trinajstić information content (AvgIpc) is 2.23. The summed E-state index contributed by atoms with van der Waals surface area (Å²) in [7, 11) is 0. The monoisotopic (exact) mass is 244 g/mol. The summed E-state index contributed by atoms with van der Waals surface area (Å²) in [4.78, 5) is 13.8. The van der Waals surface area contributed by atoms with Gasteiger partial charge in [-0.2, -0.15) is 15.0 Å². The fourth-order valence-corrected chi connectivity index (χ4v) is 1.48. The predicted molar refractivity (Wildman–Crippen MR) is 65.5 cm³/mol. The molecule has 0 radical (unpaired) electrons. The Bertz CT molecular complexity index is 308. The van der Waals surface area contributed by atoms with Gasteiger partial charge in [0, 0.05) is 13.1 Å². The van der Waals surface area contributed by atoms with Gasteiger partial charge < -0.3 is 16.0 Å². The van der Waals surface area contributed by atoms with Crippen LogP contribution < -0.4 is 11.1 Å². The van der Waals surface area contributed by atoms with Crippen LogP contribution in [0.4, 0.5) is 11.9 Å². The second-order valence-electron chi connectivity index (χ2n) is 3.24. The van der Waals surface area contributed by atoms with Crippen molar-refractivity contribution in [3.8, 4) is 0 Å². The Kier molecular flexibility index (Phi) is 5.21. The molecule has 90 valence electrons. The Hall–Kier alpha value is -1.14. The van der Waals surface area contributed by atoms with Crippen LogP contribution in [0.15, 0.2) is 0 Å². The summed E-state index contributed by atoms with van der Waals surface area (Å²) >= 11 is 5.65. The van der Waals surface area contributed by atoms with Gasteiger partial charge in [0.05, 0.1) is 0 Å². The number of hydrogen-bond acceptors (Lipinski definition) is 6. The third-order valence-corrected chi connectivity index (χ3v) is 2.40. The van der Waals surface area contributed by atoms with E-state index < -0.39 is 0 Å². The maximum Gasteiger partial charge on any atom is 0.228 e. The van der Waals surface area contributed by atoms with Crippen LogP contribution in [-0.2, 0) is 0 Å². The zero-order chi connectivity index (χ0) is 12.0. The van der Waals surface area contributed by atoms with Gasteiger partial charge in [-0.15, -0.1) is 0 Å². The predicted octanol–water partition coefficient (Wildman–Crippen LogP) is 0.861. The number of rotatable bonds is 6. The Morgan fingerprint density at radius 1 is 1.25 bits per heavy atom. The maximum absolute atomic E-state index is 5.65. The molecular formula is C9H17ClN6. The Balaban J connectivity index is 2.42. The van der Waals surface area contributed by atoms with E-state index in [0.717, 1.165) is 26.2 Å². The lowest BCUT2D eigenvalue weighted by molar-refractivity contribution is 0.316. The number of nitrogens with one attached hydrogen (secondary N) is 1. The molecule has 0 aliphatic rings. The minimum atomic E-state index is 0.109. The second kappa shape index (κ2) is 6.44. The first-order valence-electron chi connectivity index (χ1n) is 5.29. The van der Waals surface area contributed by atoms with E-state index in [0.29, 0.717) is 5.95 Å². The number of halogens is 1. The van der Waals surface area contributed by atoms with Gasteiger partial charge in [-0.05, 0) is 24.7 Å². The third kappa shape index (κ3) is 4.16. The minimum Gasteiger partial charge on any atom is -0.368 e. The minimum absolute atomic E-state index is 0.109. The molecule has 0 saturated carbocycles. The van der Waals surface area contributed by atoms with Gasteiger partial charge >= 0.3 is 0 Å². The van der Waals surface area contributed by atoms with Crippen molar-refractivity contribution in [2.75, 3.05) is 37.2 Å². The molecule has 0 spiro atoms. The molecular weight excluding hydrogens is 228 g/mol. The molecule has 0 bridgehead atoms. The molecule has 6 nitrogen and oxygen atoms in total. The van der Waals surface area contributed by atoms with Crippen LogP contribution >= 0.6 is 11.6 Å². The number of nitrogens with zero attached hydrogens (tertiary/aromatic N) is 4. The molecule has 1 aromatic heterocycles. The largest absolute Gasteiger partial charge is 0.368 e. The number of nitrogens with two attached hydrogens (primary N) is 1. The number of likely N-dealkylation sites (N-methyl/N-ethyl adjacent to an activating group) is 1. The van der Waals surface area contributed by atoms with Gasteiger partial charge in [-0.1, -0.05) is 13.8 Å². The van der Waals surface area contributed by atoms with Crippen LogP contribution in [0.1, 0.15) is 13.8 Å². The van der Waals surface area contributed by atoms with Crippen molar-refractivity contribution in [2.24, 2.45) is 0 Å². The van der Waals surface area contributed by atoms with Gasteiger partial charge in [0.25, 0.3) is 0 Å². The Morgan fingerprint density at radius 2 is 1.94 bits per heavy atom. The van der Waals surface area contributed by atoms with Crippen molar-refractivity contribution < 1.29 is 0 Å². The molecule has 3 N–H and O–H groups in total. The highest BCUT2D eigenvalue weighted by atomic mass is 35.5. The molecule has 0 fully saturated rings. The summed E-state index contributed by atoms with van der Waals surface area (Å²) in [5, 5.41) is 3.17. The van der Waals surface area contributed by atoms with E-state index in [4.69, 9.17) is 17.3 Å². The average molecular weight is 245 g/mol. The fourth-order valence-electron chi connectivity index (χ4n) is 1.31. The molecule has 1 aromatic rings. The maximum atomic E-state index is 5.65. The van der Waals surface area contributed by atoms with E-state index in [9.17, 15) is 0 Å². The van der Waals surface area contributed by atoms with Crippen molar-refractivity contribution in [1.82, 2.24) is 19.9 Å². The van der Waals surface area contributed by atoms with Gasteiger partial charge in [-0.25, -0.2) is 0 Å². The van der Waals surface area contributed by atoms with Crippen molar-refractivity contribution in [2.45, 2.75) is 13.8 Å². The van der Waals surface area contributed by atoms with Crippen LogP contribution in [-0.4, -0.2) is 46.0 Å². The van der Waals surface area contributed by atoms with Crippen molar-refractivity contribution in [3.63, 3.8) is 0 Å². The number of hydrogen-bond donors (Lipinski definition) is 2. The third-order valence-electron chi connectivity index (χ3n) is 2.23. The molecule has 0 aliphatic carbocycles. The lowest BCUT2D eigenvalue weighted by Gasteiger charge is -2.17. The molecule has 7 heteroatoms. The SMILES string of the molecule is CCN(CC)CCNc1nc(N)nc(Cl)n1. The molecule has 0 aliphatic heterocycles. The number of aromatic nitrogens is 3. The summed E-state index contributed by atoms with van der Waals surface area (Å²) in [6, 6.07) is 0. The molecule has 1 rings (SSSR count). The first kappa shape index (κ1) is 12.9. The van der Waals surface area contributed by atoms with Gasteiger partial charge in [-0.3, -0.25) is 0 Å². The Labute approximate surface area is 100 Å². The number of nitrogen functional groups attached to an aromatic ring is 1. The zero-order valence-corrected chi connectivity index (χ0v) is 10.3. The highest BCUT2D eigenvalue weighted by Crippen LogP contribution is 2.06. The van der Waals surface area contributed by atoms with Crippen LogP contribution in [0.25, 0.3) is 0 Å². The van der Waals surface area contributed by atoms with E-state index in [1.54, 1.807) is 0 Å². The van der Waals surface area contributed by atoms with E-state index in [2.05, 4.69) is 39.0 Å². The zero-order valence-electron chi connectivity index (χ0n) is 9.57. The van der Waals surface area contributed by atoms with E-state index in [1.165, 1.54) is 0 Å². The van der Waals surface area contributed by atoms with Crippen molar-refractivity contribution >= 4 is 23.5 Å². The quantitative estimate of drug-likeness (QED) is 0.773. The smallest absolute Gasteiger partial charge is 0.228 e. The molecule has 0 atom stereocenters. The standard InChI is InChI=1S/C9H17ClN6/c1-3-16(4-2)6-5-12-9-14-7(10)13-8(11)15-9/h3-6H2,1-2H3,(H3,11,12,13,14,15). The molecule has 0 aromatic carbocycles. The van der Waals surface area contributed by atoms with E-state index >= 15 is 0 Å². The molecule has 1 heterocycles. The van der Waals surface area contributed by atoms with Gasteiger partial charge in [0.2, 0.25) is 17.2 Å². The lowest BCUT2D eigenvalue weighted by atomic mass is 10.4. The van der Waals surface area contributed by atoms with Crippen LogP contribution in [0.5, 0.6) is 0 Å². The van der Waals surface area contributed by atoms with Gasteiger partial charge in [0.15, 0.2) is 0 Å². The van der Waals surface area contributed by atoms with Gasteiger partial charge in [0.1, 0.15) is 0 Å². The highest BCUT2D eigenvalue weighted by molar-refractivity contribution is 6.28. The molecule has 0 amide bonds. The topological polar surface area (TPSA) is 80.0 Å². The Morgan fingerprint density at radius 3 is 2.50 bits per heavy atom. The number of anilines is 2. The summed E-state index contributed by atoms with van der Waals surface area (Å²) in [5.41, 5.74) is 5.45. The summed E-state index contributed by atoms with van der Waals surface area (Å²) in [6.07, 6.45) is 0. The highest BCUT2D eigenvalue weighted by Gasteiger charge is 2.02. The summed E-state index contributed by atoms with van der Waals surface area (Å²) in [5.74, 6) is 0.551. The second-order valence-corrected chi connectivity index (χ2v) is 3.58. The molecule has 0 unspecified atom stereocenters. The van der Waals surface area contributed by atoms with Crippen LogP contribution in [0.3, 0.4) is 0 Å². The molecule has 16 heavy (non-hydrogen) atoms. The van der Waals surface area contributed by atoms with Crippen LogP contribution in [0.2, 0.25) is 5.28 Å². The molecule has 0 saturated heterocycles. The lowest BCUT2D eigenvalue weighted by Crippen LogP contribution is -2.29. The summed E-state index contributed by atoms with van der Waals surface area (Å²) in [6.45, 7) is 7.98.